The predicted octanol–water partition coefficient (Wildman–Crippen LogP) is 3.62. The zero-order chi connectivity index (χ0) is 12.4. The van der Waals surface area contributed by atoms with Crippen molar-refractivity contribution in [2.75, 3.05) is 0 Å². The maximum absolute atomic E-state index is 10.9. The van der Waals surface area contributed by atoms with Crippen molar-refractivity contribution in [3.8, 4) is 16.9 Å². The minimum atomic E-state index is -0.520. The molecule has 86 valence electrons. The molecule has 2 rings (SSSR count). The van der Waals surface area contributed by atoms with Crippen LogP contribution in [0.2, 0.25) is 5.02 Å². The third-order valence-electron chi connectivity index (χ3n) is 2.36. The van der Waals surface area contributed by atoms with Gasteiger partial charge in [-0.05, 0) is 11.6 Å². The molecule has 0 saturated heterocycles. The number of nitrogens with zero attached hydrogens (tertiary/aromatic N) is 1. The fraction of sp³-hybridized carbons (Fsp3) is 0. The highest BCUT2D eigenvalue weighted by atomic mass is 35.5. The molecule has 0 aromatic heterocycles. The molecule has 0 unspecified atom stereocenters. The maximum atomic E-state index is 10.9. The van der Waals surface area contributed by atoms with E-state index in [9.17, 15) is 15.2 Å². The van der Waals surface area contributed by atoms with Crippen LogP contribution in [0.5, 0.6) is 5.75 Å². The number of benzene rings is 2. The lowest BCUT2D eigenvalue weighted by atomic mass is 10.0. The number of halogens is 1. The van der Waals surface area contributed by atoms with Gasteiger partial charge in [-0.1, -0.05) is 41.9 Å². The largest absolute Gasteiger partial charge is 0.506 e. The van der Waals surface area contributed by atoms with Gasteiger partial charge in [-0.2, -0.15) is 0 Å². The van der Waals surface area contributed by atoms with Crippen molar-refractivity contribution in [1.82, 2.24) is 0 Å². The van der Waals surface area contributed by atoms with Gasteiger partial charge in [0.1, 0.15) is 5.75 Å². The molecule has 0 heterocycles. The van der Waals surface area contributed by atoms with Gasteiger partial charge >= 0.3 is 0 Å². The second kappa shape index (κ2) is 4.43. The summed E-state index contributed by atoms with van der Waals surface area (Å²) in [6.07, 6.45) is 0. The summed E-state index contributed by atoms with van der Waals surface area (Å²) >= 11 is 5.92. The van der Waals surface area contributed by atoms with Crippen LogP contribution in [0.25, 0.3) is 11.1 Å². The number of rotatable bonds is 2. The molecule has 0 aliphatic rings. The van der Waals surface area contributed by atoms with Crippen molar-refractivity contribution < 1.29 is 10.0 Å². The second-order valence-corrected chi connectivity index (χ2v) is 3.79. The van der Waals surface area contributed by atoms with E-state index in [1.54, 1.807) is 30.3 Å². The molecule has 0 aliphatic heterocycles. The van der Waals surface area contributed by atoms with Crippen LogP contribution in [-0.2, 0) is 0 Å². The van der Waals surface area contributed by atoms with Gasteiger partial charge in [0, 0.05) is 6.07 Å². The molecule has 17 heavy (non-hydrogen) atoms. The summed E-state index contributed by atoms with van der Waals surface area (Å²) in [6.45, 7) is 0. The van der Waals surface area contributed by atoms with Gasteiger partial charge in [-0.3, -0.25) is 10.1 Å². The van der Waals surface area contributed by atoms with Gasteiger partial charge in [-0.25, -0.2) is 0 Å². The third-order valence-corrected chi connectivity index (χ3v) is 2.74. The molecule has 0 aliphatic carbocycles. The maximum Gasteiger partial charge on any atom is 0.278 e. The third kappa shape index (κ3) is 2.07. The van der Waals surface area contributed by atoms with Crippen molar-refractivity contribution >= 4 is 17.3 Å². The van der Waals surface area contributed by atoms with Gasteiger partial charge in [0.25, 0.3) is 5.69 Å². The zero-order valence-corrected chi connectivity index (χ0v) is 9.39. The van der Waals surface area contributed by atoms with Gasteiger partial charge < -0.3 is 5.11 Å². The molecule has 5 heteroatoms. The Hall–Kier alpha value is -2.07. The quantitative estimate of drug-likeness (QED) is 0.653. The molecule has 0 amide bonds. The average Bonchev–Trinajstić information content (AvgIpc) is 2.33. The van der Waals surface area contributed by atoms with E-state index in [0.717, 1.165) is 0 Å². The van der Waals surface area contributed by atoms with Crippen LogP contribution in [0.15, 0.2) is 42.5 Å². The van der Waals surface area contributed by atoms with E-state index in [4.69, 9.17) is 11.6 Å². The zero-order valence-electron chi connectivity index (χ0n) is 8.63. The lowest BCUT2D eigenvalue weighted by molar-refractivity contribution is -0.384. The van der Waals surface area contributed by atoms with Crippen molar-refractivity contribution in [2.24, 2.45) is 0 Å². The highest BCUT2D eigenvalue weighted by Crippen LogP contribution is 2.40. The van der Waals surface area contributed by atoms with Crippen LogP contribution < -0.4 is 0 Å². The molecule has 0 radical (unpaired) electrons. The normalized spacial score (nSPS) is 10.2. The van der Waals surface area contributed by atoms with Crippen LogP contribution in [0.4, 0.5) is 5.69 Å². The Morgan fingerprint density at radius 3 is 2.35 bits per heavy atom. The summed E-state index contributed by atoms with van der Waals surface area (Å²) in [4.78, 5) is 10.4. The summed E-state index contributed by atoms with van der Waals surface area (Å²) in [5.74, 6) is -0.170. The summed E-state index contributed by atoms with van der Waals surface area (Å²) in [5.41, 5.74) is 0.705. The number of hydrogen-bond acceptors (Lipinski definition) is 3. The number of nitro benzene ring substituents is 1. The van der Waals surface area contributed by atoms with E-state index in [1.807, 2.05) is 0 Å². The molecule has 0 atom stereocenters. The second-order valence-electron chi connectivity index (χ2n) is 3.42. The first kappa shape index (κ1) is 11.4. The standard InChI is InChI=1S/C12H8ClNO3/c13-12-10(15)7-6-9(14(16)17)11(12)8-4-2-1-3-5-8/h1-7,15H. The fourth-order valence-corrected chi connectivity index (χ4v) is 1.86. The smallest absolute Gasteiger partial charge is 0.278 e. The first-order valence-corrected chi connectivity index (χ1v) is 5.20. The number of aromatic hydroxyl groups is 1. The average molecular weight is 250 g/mol. The predicted molar refractivity (Wildman–Crippen MR) is 65.2 cm³/mol. The molecule has 1 N–H and O–H groups in total. The molecule has 2 aromatic carbocycles. The molecule has 4 nitrogen and oxygen atoms in total. The van der Waals surface area contributed by atoms with E-state index in [0.29, 0.717) is 5.56 Å². The van der Waals surface area contributed by atoms with Gasteiger partial charge in [0.05, 0.1) is 15.5 Å². The number of phenolic OH excluding ortho intramolecular Hbond substituents is 1. The van der Waals surface area contributed by atoms with Gasteiger partial charge in [0.2, 0.25) is 0 Å². The molecular weight excluding hydrogens is 242 g/mol. The van der Waals surface area contributed by atoms with Crippen molar-refractivity contribution in [1.29, 1.82) is 0 Å². The first-order valence-electron chi connectivity index (χ1n) is 4.82. The summed E-state index contributed by atoms with van der Waals surface area (Å²) in [7, 11) is 0. The summed E-state index contributed by atoms with van der Waals surface area (Å²) < 4.78 is 0. The lowest BCUT2D eigenvalue weighted by Gasteiger charge is -2.06. The Balaban J connectivity index is 2.74. The van der Waals surface area contributed by atoms with E-state index in [1.165, 1.54) is 12.1 Å². The molecular formula is C12H8ClNO3. The molecule has 2 aromatic rings. The Bertz CT molecular complexity index is 569. The van der Waals surface area contributed by atoms with Crippen molar-refractivity contribution in [2.45, 2.75) is 0 Å². The van der Waals surface area contributed by atoms with Crippen molar-refractivity contribution in [3.63, 3.8) is 0 Å². The van der Waals surface area contributed by atoms with Crippen LogP contribution in [0.3, 0.4) is 0 Å². The topological polar surface area (TPSA) is 63.4 Å². The van der Waals surface area contributed by atoms with Crippen LogP contribution in [0, 0.1) is 10.1 Å². The minimum Gasteiger partial charge on any atom is -0.506 e. The van der Waals surface area contributed by atoms with Gasteiger partial charge in [-0.15, -0.1) is 0 Å². The lowest BCUT2D eigenvalue weighted by Crippen LogP contribution is -1.92. The van der Waals surface area contributed by atoms with Crippen LogP contribution in [-0.4, -0.2) is 10.0 Å². The summed E-state index contributed by atoms with van der Waals surface area (Å²) in [6, 6.07) is 11.2. The van der Waals surface area contributed by atoms with E-state index < -0.39 is 4.92 Å². The monoisotopic (exact) mass is 249 g/mol. The van der Waals surface area contributed by atoms with E-state index in [2.05, 4.69) is 0 Å². The highest BCUT2D eigenvalue weighted by Gasteiger charge is 2.20. The fourth-order valence-electron chi connectivity index (χ4n) is 1.59. The van der Waals surface area contributed by atoms with E-state index >= 15 is 0 Å². The van der Waals surface area contributed by atoms with Crippen LogP contribution in [0.1, 0.15) is 0 Å². The Kier molecular flexibility index (Phi) is 2.97. The molecule has 0 saturated carbocycles. The molecule has 0 spiro atoms. The van der Waals surface area contributed by atoms with Crippen LogP contribution >= 0.6 is 11.6 Å². The molecule has 0 fully saturated rings. The Morgan fingerprint density at radius 1 is 1.12 bits per heavy atom. The van der Waals surface area contributed by atoms with Gasteiger partial charge in [0.15, 0.2) is 0 Å². The summed E-state index contributed by atoms with van der Waals surface area (Å²) in [5, 5.41) is 20.4. The Labute approximate surface area is 102 Å². The molecule has 0 bridgehead atoms. The van der Waals surface area contributed by atoms with E-state index in [-0.39, 0.29) is 22.0 Å². The number of hydrogen-bond donors (Lipinski definition) is 1. The SMILES string of the molecule is O=[N+]([O-])c1ccc(O)c(Cl)c1-c1ccccc1. The van der Waals surface area contributed by atoms with Crippen molar-refractivity contribution in [3.05, 3.63) is 57.6 Å². The first-order chi connectivity index (χ1) is 8.11. The minimum absolute atomic E-state index is 0.00889. The number of phenols is 1. The number of nitro groups is 1. The Morgan fingerprint density at radius 2 is 1.76 bits per heavy atom. The highest BCUT2D eigenvalue weighted by molar-refractivity contribution is 6.35.